The second-order valence-electron chi connectivity index (χ2n) is 7.45. The number of hydrogen-bond donors (Lipinski definition) is 2. The number of nitrogens with one attached hydrogen (secondary N) is 2. The minimum atomic E-state index is -0.166. The molecule has 1 heterocycles. The fourth-order valence-electron chi connectivity index (χ4n) is 4.97. The van der Waals surface area contributed by atoms with Crippen LogP contribution in [0.4, 0.5) is 4.79 Å². The minimum absolute atomic E-state index is 0.0513. The molecule has 6 nitrogen and oxygen atoms in total. The number of rotatable bonds is 7. The summed E-state index contributed by atoms with van der Waals surface area (Å²) in [4.78, 5) is 23.2. The predicted molar refractivity (Wildman–Crippen MR) is 89.6 cm³/mol. The lowest BCUT2D eigenvalue weighted by Crippen LogP contribution is -2.69. The second kappa shape index (κ2) is 7.72. The lowest BCUT2D eigenvalue weighted by atomic mass is 9.54. The summed E-state index contributed by atoms with van der Waals surface area (Å²) in [6, 6.07) is 0.233. The maximum atomic E-state index is 12.2. The topological polar surface area (TPSA) is 76.7 Å². The van der Waals surface area contributed by atoms with Gasteiger partial charge in [0.15, 0.2) is 0 Å². The number of carbonyl (C=O) groups is 2. The number of methoxy groups -OCH3 is 1. The highest BCUT2D eigenvalue weighted by molar-refractivity contribution is 5.74. The van der Waals surface area contributed by atoms with E-state index in [0.29, 0.717) is 25.0 Å². The van der Waals surface area contributed by atoms with Crippen molar-refractivity contribution in [1.82, 2.24) is 10.6 Å². The van der Waals surface area contributed by atoms with Gasteiger partial charge in [0.1, 0.15) is 0 Å². The Balaban J connectivity index is 1.35. The molecular weight excluding hydrogens is 308 g/mol. The summed E-state index contributed by atoms with van der Waals surface area (Å²) in [5.41, 5.74) is 0.207. The van der Waals surface area contributed by atoms with E-state index >= 15 is 0 Å². The Morgan fingerprint density at radius 3 is 2.75 bits per heavy atom. The lowest BCUT2D eigenvalue weighted by Gasteiger charge is -2.56. The van der Waals surface area contributed by atoms with Crippen molar-refractivity contribution in [3.8, 4) is 0 Å². The zero-order chi connectivity index (χ0) is 17.0. The average Bonchev–Trinajstić information content (AvgIpc) is 3.23. The predicted octanol–water partition coefficient (Wildman–Crippen LogP) is 2.37. The summed E-state index contributed by atoms with van der Waals surface area (Å²) in [5.74, 6) is 0.342. The molecule has 1 saturated heterocycles. The van der Waals surface area contributed by atoms with E-state index < -0.39 is 0 Å². The van der Waals surface area contributed by atoms with Crippen LogP contribution in [-0.2, 0) is 14.3 Å². The highest BCUT2D eigenvalue weighted by atomic mass is 16.5. The molecule has 3 fully saturated rings. The quantitative estimate of drug-likeness (QED) is 0.552. The number of hydrogen-bond acceptors (Lipinski definition) is 4. The largest absolute Gasteiger partial charge is 0.469 e. The molecule has 3 atom stereocenters. The zero-order valence-corrected chi connectivity index (χ0v) is 14.6. The highest BCUT2D eigenvalue weighted by Crippen LogP contribution is 2.60. The number of fused-ring (bicyclic) bond motifs is 2. The Labute approximate surface area is 144 Å². The molecule has 2 saturated carbocycles. The molecule has 136 valence electrons. The molecule has 3 rings (SSSR count). The van der Waals surface area contributed by atoms with Crippen molar-refractivity contribution < 1.29 is 19.1 Å². The molecule has 0 aromatic carbocycles. The molecule has 0 radical (unpaired) electrons. The van der Waals surface area contributed by atoms with E-state index in [1.807, 2.05) is 0 Å². The van der Waals surface area contributed by atoms with Gasteiger partial charge in [0.25, 0.3) is 0 Å². The van der Waals surface area contributed by atoms with Crippen LogP contribution in [0.15, 0.2) is 0 Å². The van der Waals surface area contributed by atoms with E-state index in [4.69, 9.17) is 4.74 Å². The van der Waals surface area contributed by atoms with Crippen LogP contribution in [0.25, 0.3) is 0 Å². The summed E-state index contributed by atoms with van der Waals surface area (Å²) in [6.45, 7) is 1.49. The van der Waals surface area contributed by atoms with E-state index in [-0.39, 0.29) is 23.5 Å². The molecule has 2 N–H and O–H groups in total. The Kier molecular flexibility index (Phi) is 5.64. The van der Waals surface area contributed by atoms with E-state index in [1.54, 1.807) is 0 Å². The Morgan fingerprint density at radius 2 is 2.00 bits per heavy atom. The van der Waals surface area contributed by atoms with Crippen LogP contribution in [0.5, 0.6) is 0 Å². The van der Waals surface area contributed by atoms with Gasteiger partial charge in [0.05, 0.1) is 13.2 Å². The second-order valence-corrected chi connectivity index (χ2v) is 7.45. The standard InChI is InChI=1S/C18H30N2O4/c1-23-14(21)7-3-2-6-11-19-17(22)20-15-13-8-12-24-16(13)18(15)9-4-5-10-18/h13,15-16H,2-12H2,1H3,(H2,19,20,22)/t13-,15-,16+/m1/s1. The van der Waals surface area contributed by atoms with E-state index in [9.17, 15) is 9.59 Å². The number of unbranched alkanes of at least 4 members (excludes halogenated alkanes) is 2. The molecule has 0 bridgehead atoms. The number of amides is 2. The van der Waals surface area contributed by atoms with Crippen LogP contribution in [0, 0.1) is 11.3 Å². The molecule has 6 heteroatoms. The van der Waals surface area contributed by atoms with Gasteiger partial charge < -0.3 is 20.1 Å². The third kappa shape index (κ3) is 3.39. The maximum Gasteiger partial charge on any atom is 0.315 e. The molecule has 2 aliphatic carbocycles. The van der Waals surface area contributed by atoms with Crippen LogP contribution in [0.3, 0.4) is 0 Å². The summed E-state index contributed by atoms with van der Waals surface area (Å²) in [7, 11) is 1.41. The van der Waals surface area contributed by atoms with Crippen LogP contribution >= 0.6 is 0 Å². The molecule has 0 aromatic heterocycles. The van der Waals surface area contributed by atoms with Crippen molar-refractivity contribution in [1.29, 1.82) is 0 Å². The number of esters is 1. The summed E-state index contributed by atoms with van der Waals surface area (Å²) in [5, 5.41) is 6.20. The summed E-state index contributed by atoms with van der Waals surface area (Å²) in [6.07, 6.45) is 9.41. The van der Waals surface area contributed by atoms with Gasteiger partial charge in [0.2, 0.25) is 0 Å². The Hall–Kier alpha value is -1.30. The molecule has 1 aliphatic heterocycles. The van der Waals surface area contributed by atoms with E-state index in [2.05, 4.69) is 15.4 Å². The molecule has 0 unspecified atom stereocenters. The van der Waals surface area contributed by atoms with Gasteiger partial charge in [-0.3, -0.25) is 4.79 Å². The molecule has 0 aromatic rings. The third-order valence-corrected chi connectivity index (χ3v) is 6.14. The lowest BCUT2D eigenvalue weighted by molar-refractivity contribution is -0.140. The first-order chi connectivity index (χ1) is 11.7. The maximum absolute atomic E-state index is 12.2. The van der Waals surface area contributed by atoms with Crippen molar-refractivity contribution in [2.45, 2.75) is 69.9 Å². The fraction of sp³-hybridized carbons (Fsp3) is 0.889. The van der Waals surface area contributed by atoms with Crippen molar-refractivity contribution in [3.05, 3.63) is 0 Å². The van der Waals surface area contributed by atoms with Crippen molar-refractivity contribution in [2.75, 3.05) is 20.3 Å². The first-order valence-corrected chi connectivity index (χ1v) is 9.40. The zero-order valence-electron chi connectivity index (χ0n) is 14.6. The van der Waals surface area contributed by atoms with Gasteiger partial charge >= 0.3 is 12.0 Å². The van der Waals surface area contributed by atoms with Gasteiger partial charge in [-0.15, -0.1) is 0 Å². The summed E-state index contributed by atoms with van der Waals surface area (Å²) < 4.78 is 10.6. The highest BCUT2D eigenvalue weighted by Gasteiger charge is 2.65. The average molecular weight is 338 g/mol. The van der Waals surface area contributed by atoms with E-state index in [1.165, 1.54) is 32.8 Å². The minimum Gasteiger partial charge on any atom is -0.469 e. The van der Waals surface area contributed by atoms with Gasteiger partial charge in [0, 0.05) is 36.9 Å². The summed E-state index contributed by atoms with van der Waals surface area (Å²) >= 11 is 0. The first-order valence-electron chi connectivity index (χ1n) is 9.40. The number of ether oxygens (including phenoxy) is 2. The van der Waals surface area contributed by atoms with Crippen molar-refractivity contribution in [3.63, 3.8) is 0 Å². The van der Waals surface area contributed by atoms with Crippen LogP contribution < -0.4 is 10.6 Å². The Bertz CT molecular complexity index is 462. The fourth-order valence-corrected chi connectivity index (χ4v) is 4.97. The molecule has 2 amide bonds. The normalized spacial score (nSPS) is 29.8. The smallest absolute Gasteiger partial charge is 0.315 e. The molecular formula is C18H30N2O4. The van der Waals surface area contributed by atoms with Gasteiger partial charge in [-0.2, -0.15) is 0 Å². The SMILES string of the molecule is COC(=O)CCCCCNC(=O)N[C@@H]1[C@H]2CCO[C@@H]2C12CCCC2. The van der Waals surface area contributed by atoms with Gasteiger partial charge in [-0.05, 0) is 32.1 Å². The number of carbonyl (C=O) groups excluding carboxylic acids is 2. The van der Waals surface area contributed by atoms with E-state index in [0.717, 1.165) is 32.3 Å². The van der Waals surface area contributed by atoms with Gasteiger partial charge in [-0.25, -0.2) is 4.79 Å². The first kappa shape index (κ1) is 17.5. The van der Waals surface area contributed by atoms with Gasteiger partial charge in [-0.1, -0.05) is 19.3 Å². The Morgan fingerprint density at radius 1 is 1.21 bits per heavy atom. The van der Waals surface area contributed by atoms with Crippen LogP contribution in [0.2, 0.25) is 0 Å². The van der Waals surface area contributed by atoms with Crippen LogP contribution in [0.1, 0.15) is 57.8 Å². The number of urea groups is 1. The third-order valence-electron chi connectivity index (χ3n) is 6.14. The van der Waals surface area contributed by atoms with Crippen LogP contribution in [-0.4, -0.2) is 44.4 Å². The van der Waals surface area contributed by atoms with Crippen molar-refractivity contribution >= 4 is 12.0 Å². The monoisotopic (exact) mass is 338 g/mol. The van der Waals surface area contributed by atoms with Crippen molar-refractivity contribution in [2.24, 2.45) is 11.3 Å². The molecule has 24 heavy (non-hydrogen) atoms. The molecule has 1 spiro atoms. The molecule has 3 aliphatic rings.